The number of anilines is 1. The van der Waals surface area contributed by atoms with Gasteiger partial charge in [-0.1, -0.05) is 0 Å². The standard InChI is InChI=1S/C25H31F2N3O2.C6H8O7/c1-28(2)24(32)18(12-17-13-20(31)5-6-22(17)27)15-30-10-8-25(9-11-30)16-29(3)23-7-4-19(26)14-21(23)25;7-3(8)1-6(13,5(11)12)2-4(9)10/h4-7,13-14,18,31H,8-12,15-16H2,1-3H3;13H,1-2H2,(H,7,8)(H,9,10)(H,11,12). The summed E-state index contributed by atoms with van der Waals surface area (Å²) in [6, 6.07) is 9.00. The Hall–Kier alpha value is -4.30. The summed E-state index contributed by atoms with van der Waals surface area (Å²) >= 11 is 0. The van der Waals surface area contributed by atoms with E-state index in [0.717, 1.165) is 43.7 Å². The van der Waals surface area contributed by atoms with E-state index >= 15 is 0 Å². The van der Waals surface area contributed by atoms with Crippen LogP contribution < -0.4 is 4.90 Å². The highest BCUT2D eigenvalue weighted by molar-refractivity contribution is 5.88. The van der Waals surface area contributed by atoms with Gasteiger partial charge in [0.05, 0.1) is 18.8 Å². The lowest BCUT2D eigenvalue weighted by Crippen LogP contribution is -2.48. The van der Waals surface area contributed by atoms with Crippen molar-refractivity contribution in [2.24, 2.45) is 5.92 Å². The Bertz CT molecular complexity index is 1410. The third-order valence-corrected chi connectivity index (χ3v) is 8.34. The van der Waals surface area contributed by atoms with E-state index in [1.807, 2.05) is 13.1 Å². The molecular formula is C31H39F2N3O9. The molecule has 4 rings (SSSR count). The number of likely N-dealkylation sites (N-methyl/N-ethyl adjacent to an activating group) is 1. The molecule has 2 aromatic carbocycles. The molecule has 0 saturated carbocycles. The fourth-order valence-corrected chi connectivity index (χ4v) is 6.09. The molecule has 1 atom stereocenters. The highest BCUT2D eigenvalue weighted by atomic mass is 19.1. The van der Waals surface area contributed by atoms with Crippen molar-refractivity contribution < 1.29 is 53.5 Å². The molecule has 5 N–H and O–H groups in total. The van der Waals surface area contributed by atoms with Gasteiger partial charge in [-0.25, -0.2) is 13.6 Å². The first kappa shape index (κ1) is 35.2. The number of aliphatic carboxylic acids is 3. The van der Waals surface area contributed by atoms with E-state index in [0.29, 0.717) is 12.1 Å². The number of rotatable bonds is 10. The molecule has 2 aliphatic rings. The molecule has 1 saturated heterocycles. The number of carbonyl (C=O) groups excluding carboxylic acids is 1. The maximum atomic E-state index is 14.3. The lowest BCUT2D eigenvalue weighted by Gasteiger charge is -2.41. The number of aromatic hydroxyl groups is 1. The second-order valence-corrected chi connectivity index (χ2v) is 12.0. The third kappa shape index (κ3) is 8.66. The third-order valence-electron chi connectivity index (χ3n) is 8.34. The number of benzene rings is 2. The number of carbonyl (C=O) groups is 4. The first-order chi connectivity index (χ1) is 21.0. The van der Waals surface area contributed by atoms with E-state index in [1.54, 1.807) is 25.1 Å². The largest absolute Gasteiger partial charge is 0.508 e. The Labute approximate surface area is 259 Å². The Morgan fingerprint density at radius 3 is 2.11 bits per heavy atom. The van der Waals surface area contributed by atoms with Gasteiger partial charge in [-0.15, -0.1) is 0 Å². The van der Waals surface area contributed by atoms with Crippen LogP contribution in [0.15, 0.2) is 36.4 Å². The Balaban J connectivity index is 0.000000360. The van der Waals surface area contributed by atoms with Crippen molar-refractivity contribution >= 4 is 29.5 Å². The van der Waals surface area contributed by atoms with E-state index in [4.69, 9.17) is 20.4 Å². The molecule has 0 radical (unpaired) electrons. The van der Waals surface area contributed by atoms with Crippen LogP contribution in [-0.2, 0) is 31.0 Å². The molecule has 1 fully saturated rings. The minimum absolute atomic E-state index is 0.00591. The molecule has 0 aliphatic carbocycles. The Morgan fingerprint density at radius 1 is 0.978 bits per heavy atom. The Morgan fingerprint density at radius 2 is 1.58 bits per heavy atom. The molecule has 2 aliphatic heterocycles. The highest BCUT2D eigenvalue weighted by Gasteiger charge is 2.44. The normalized spacial score (nSPS) is 16.4. The number of hydrogen-bond donors (Lipinski definition) is 5. The number of likely N-dealkylation sites (tertiary alicyclic amines) is 1. The minimum Gasteiger partial charge on any atom is -0.508 e. The topological polar surface area (TPSA) is 179 Å². The maximum absolute atomic E-state index is 14.3. The van der Waals surface area contributed by atoms with E-state index in [2.05, 4.69) is 9.80 Å². The summed E-state index contributed by atoms with van der Waals surface area (Å²) in [6.07, 6.45) is -0.284. The van der Waals surface area contributed by atoms with Crippen LogP contribution in [0, 0.1) is 17.6 Å². The quantitative estimate of drug-likeness (QED) is 0.258. The number of phenolic OH excluding ortho intramolecular Hbond substituents is 1. The van der Waals surface area contributed by atoms with Crippen LogP contribution in [0.4, 0.5) is 14.5 Å². The van der Waals surface area contributed by atoms with Crippen molar-refractivity contribution in [3.8, 4) is 5.75 Å². The number of phenols is 1. The van der Waals surface area contributed by atoms with Gasteiger partial charge in [-0.05, 0) is 79.9 Å². The molecule has 14 heteroatoms. The van der Waals surface area contributed by atoms with Gasteiger partial charge < -0.3 is 40.2 Å². The summed E-state index contributed by atoms with van der Waals surface area (Å²) in [6.45, 7) is 2.98. The maximum Gasteiger partial charge on any atom is 0.336 e. The molecule has 0 aromatic heterocycles. The summed E-state index contributed by atoms with van der Waals surface area (Å²) in [7, 11) is 5.46. The molecule has 0 bridgehead atoms. The molecule has 12 nitrogen and oxygen atoms in total. The van der Waals surface area contributed by atoms with Gasteiger partial charge in [-0.3, -0.25) is 14.4 Å². The highest BCUT2D eigenvalue weighted by Crippen LogP contribution is 2.46. The number of halogens is 2. The summed E-state index contributed by atoms with van der Waals surface area (Å²) in [5.74, 6) is -6.11. The summed E-state index contributed by atoms with van der Waals surface area (Å²) < 4.78 is 28.3. The van der Waals surface area contributed by atoms with Gasteiger partial charge in [-0.2, -0.15) is 0 Å². The van der Waals surface area contributed by atoms with Crippen molar-refractivity contribution in [1.29, 1.82) is 0 Å². The van der Waals surface area contributed by atoms with Crippen molar-refractivity contribution in [2.45, 2.75) is 43.1 Å². The van der Waals surface area contributed by atoms with E-state index in [-0.39, 0.29) is 29.3 Å². The second kappa shape index (κ2) is 14.2. The summed E-state index contributed by atoms with van der Waals surface area (Å²) in [5.41, 5.74) is -0.276. The van der Waals surface area contributed by atoms with Crippen molar-refractivity contribution in [3.05, 3.63) is 59.2 Å². The zero-order valence-corrected chi connectivity index (χ0v) is 25.4. The number of carboxylic acids is 3. The van der Waals surface area contributed by atoms with Crippen LogP contribution in [0.3, 0.4) is 0 Å². The number of carboxylic acid groups (broad SMARTS) is 3. The van der Waals surface area contributed by atoms with E-state index in [1.165, 1.54) is 24.3 Å². The molecule has 1 amide bonds. The smallest absolute Gasteiger partial charge is 0.336 e. The number of hydrogen-bond acceptors (Lipinski definition) is 8. The molecule has 2 heterocycles. The number of fused-ring (bicyclic) bond motifs is 2. The number of aliphatic hydroxyl groups is 1. The molecule has 246 valence electrons. The lowest BCUT2D eigenvalue weighted by atomic mass is 9.74. The van der Waals surface area contributed by atoms with E-state index in [9.17, 15) is 33.1 Å². The van der Waals surface area contributed by atoms with Crippen LogP contribution in [-0.4, -0.2) is 112 Å². The molecule has 1 spiro atoms. The monoisotopic (exact) mass is 635 g/mol. The fourth-order valence-electron chi connectivity index (χ4n) is 6.09. The predicted octanol–water partition coefficient (Wildman–Crippen LogP) is 2.15. The van der Waals surface area contributed by atoms with Gasteiger partial charge >= 0.3 is 17.9 Å². The van der Waals surface area contributed by atoms with Gasteiger partial charge in [0.25, 0.3) is 0 Å². The van der Waals surface area contributed by atoms with Gasteiger partial charge in [0.15, 0.2) is 5.60 Å². The molecule has 1 unspecified atom stereocenters. The number of piperidine rings is 1. The van der Waals surface area contributed by atoms with Gasteiger partial charge in [0.2, 0.25) is 5.91 Å². The average Bonchev–Trinajstić information content (AvgIpc) is 3.20. The first-order valence-electron chi connectivity index (χ1n) is 14.3. The number of nitrogens with zero attached hydrogens (tertiary/aromatic N) is 3. The zero-order chi connectivity index (χ0) is 33.7. The lowest BCUT2D eigenvalue weighted by molar-refractivity contribution is -0.170. The Kier molecular flexibility index (Phi) is 11.1. The molecule has 45 heavy (non-hydrogen) atoms. The van der Waals surface area contributed by atoms with Crippen molar-refractivity contribution in [1.82, 2.24) is 9.80 Å². The summed E-state index contributed by atoms with van der Waals surface area (Å²) in [4.78, 5) is 49.4. The SMILES string of the molecule is CN(C)C(=O)C(Cc1cc(O)ccc1F)CN1CCC2(CC1)CN(C)c1ccc(F)cc12.O=C(O)CC(O)(CC(=O)O)C(=O)O. The van der Waals surface area contributed by atoms with Crippen molar-refractivity contribution in [2.75, 3.05) is 52.2 Å². The second-order valence-electron chi connectivity index (χ2n) is 12.0. The van der Waals surface area contributed by atoms with E-state index < -0.39 is 48.1 Å². The van der Waals surface area contributed by atoms with Crippen LogP contribution in [0.1, 0.15) is 36.8 Å². The molecule has 2 aromatic rings. The van der Waals surface area contributed by atoms with Crippen LogP contribution in [0.2, 0.25) is 0 Å². The zero-order valence-electron chi connectivity index (χ0n) is 25.4. The van der Waals surface area contributed by atoms with Gasteiger partial charge in [0, 0.05) is 45.3 Å². The summed E-state index contributed by atoms with van der Waals surface area (Å²) in [5, 5.41) is 43.6. The van der Waals surface area contributed by atoms with Crippen LogP contribution in [0.25, 0.3) is 0 Å². The fraction of sp³-hybridized carbons (Fsp3) is 0.484. The molecular weight excluding hydrogens is 596 g/mol. The average molecular weight is 636 g/mol. The van der Waals surface area contributed by atoms with Crippen LogP contribution >= 0.6 is 0 Å². The van der Waals surface area contributed by atoms with Crippen LogP contribution in [0.5, 0.6) is 5.75 Å². The first-order valence-corrected chi connectivity index (χ1v) is 14.3. The minimum atomic E-state index is -2.74. The van der Waals surface area contributed by atoms with Crippen molar-refractivity contribution in [3.63, 3.8) is 0 Å². The number of amides is 1. The van der Waals surface area contributed by atoms with Gasteiger partial charge in [0.1, 0.15) is 17.4 Å². The predicted molar refractivity (Wildman–Crippen MR) is 158 cm³/mol.